The minimum absolute atomic E-state index is 0.312. The van der Waals surface area contributed by atoms with Gasteiger partial charge in [0.1, 0.15) is 17.6 Å². The summed E-state index contributed by atoms with van der Waals surface area (Å²) in [6.07, 6.45) is 0.938. The highest BCUT2D eigenvalue weighted by Gasteiger charge is 2.43. The molecule has 8 nitrogen and oxygen atoms in total. The van der Waals surface area contributed by atoms with Crippen molar-refractivity contribution in [3.05, 3.63) is 98.0 Å². The predicted molar refractivity (Wildman–Crippen MR) is 168 cm³/mol. The number of sulfonamides is 1. The Kier molecular flexibility index (Phi) is 10.9. The van der Waals surface area contributed by atoms with E-state index in [1.165, 1.54) is 4.90 Å². The Hall–Kier alpha value is -2.84. The Morgan fingerprint density at radius 1 is 1.05 bits per heavy atom. The van der Waals surface area contributed by atoms with Crippen molar-refractivity contribution in [2.24, 2.45) is 10.1 Å². The van der Waals surface area contributed by atoms with E-state index in [2.05, 4.69) is 11.2 Å². The van der Waals surface area contributed by atoms with Gasteiger partial charge in [-0.15, -0.1) is 0 Å². The summed E-state index contributed by atoms with van der Waals surface area (Å²) in [5, 5.41) is 14.8. The van der Waals surface area contributed by atoms with Crippen molar-refractivity contribution in [3.63, 3.8) is 0 Å². The lowest BCUT2D eigenvalue weighted by molar-refractivity contribution is 0.231. The van der Waals surface area contributed by atoms with Gasteiger partial charge in [0.05, 0.1) is 36.0 Å². The number of nitrogens with zero attached hydrogens (tertiary/aromatic N) is 3. The largest absolute Gasteiger partial charge is 0.493 e. The monoisotopic (exact) mass is 668 g/mol. The summed E-state index contributed by atoms with van der Waals surface area (Å²) in [5.74, 6) is 0.755. The number of ether oxygens (including phenoxy) is 1. The van der Waals surface area contributed by atoms with Gasteiger partial charge in [0.2, 0.25) is 10.0 Å². The van der Waals surface area contributed by atoms with Crippen LogP contribution >= 0.6 is 46.4 Å². The number of benzene rings is 3. The van der Waals surface area contributed by atoms with Crippen LogP contribution in [-0.4, -0.2) is 37.4 Å². The quantitative estimate of drug-likeness (QED) is 0.213. The second-order valence-corrected chi connectivity index (χ2v) is 13.2. The maximum absolute atomic E-state index is 13.0. The van der Waals surface area contributed by atoms with E-state index in [0.29, 0.717) is 44.4 Å². The lowest BCUT2D eigenvalue weighted by Crippen LogP contribution is -2.34. The van der Waals surface area contributed by atoms with Gasteiger partial charge >= 0.3 is 5.37 Å². The van der Waals surface area contributed by atoms with Crippen LogP contribution < -0.4 is 9.88 Å². The molecule has 13 heteroatoms. The first-order valence-corrected chi connectivity index (χ1v) is 16.0. The minimum Gasteiger partial charge on any atom is -0.493 e. The number of hydrogen-bond donors (Lipinski definition) is 1. The van der Waals surface area contributed by atoms with Gasteiger partial charge in [0.15, 0.2) is 0 Å². The summed E-state index contributed by atoms with van der Waals surface area (Å²) in [4.78, 5) is 19.4. The molecule has 0 saturated carbocycles. The fourth-order valence-corrected chi connectivity index (χ4v) is 5.22. The molecule has 4 rings (SSSR count). The minimum atomic E-state index is -3.17. The molecule has 0 radical (unpaired) electrons. The second-order valence-electron chi connectivity index (χ2n) is 9.90. The number of aliphatic imine (C=N–C) groups is 1. The molecule has 2 atom stereocenters. The molecule has 1 aliphatic heterocycles. The molecule has 1 aliphatic rings. The lowest BCUT2D eigenvalue weighted by atomic mass is 9.85. The van der Waals surface area contributed by atoms with Crippen molar-refractivity contribution in [1.29, 1.82) is 5.26 Å². The number of carbonyl (C=O) groups is 1. The van der Waals surface area contributed by atoms with E-state index in [-0.39, 0.29) is 0 Å². The van der Waals surface area contributed by atoms with Gasteiger partial charge in [-0.1, -0.05) is 59.1 Å². The van der Waals surface area contributed by atoms with Crippen LogP contribution in [0.15, 0.2) is 65.7 Å². The van der Waals surface area contributed by atoms with Crippen molar-refractivity contribution in [3.8, 4) is 11.8 Å². The standard InChI is InChI=1S/C28H23Cl4N3O2.CH5NO2S/c1-4-37-23-14-21(28(2,3)15-33)22(31)13-20(23)26-34-24(16-5-9-18(29)10-6-16)25(35(26)27(32)36)17-7-11-19(30)12-8-17;1-5(2,3)4/h5-14,24-25H,4H2,1-3H3;1H3,(H2,2,3,4)/t24-,25+;/m0./s1. The Balaban J connectivity index is 0.000000892. The normalized spacial score (nSPS) is 16.7. The molecular formula is C29H28Cl4N4O4S. The number of primary sulfonamides is 1. The Morgan fingerprint density at radius 2 is 1.55 bits per heavy atom. The number of nitriles is 1. The van der Waals surface area contributed by atoms with Crippen molar-refractivity contribution in [2.75, 3.05) is 12.9 Å². The van der Waals surface area contributed by atoms with Gasteiger partial charge in [0, 0.05) is 15.1 Å². The summed E-state index contributed by atoms with van der Waals surface area (Å²) in [6, 6.07) is 19.1. The molecule has 0 unspecified atom stereocenters. The SMILES string of the molecule is CCOc1cc(C(C)(C)C#N)c(Cl)cc1C1=N[C@@H](c2ccc(Cl)cc2)[C@@H](c2ccc(Cl)cc2)N1C(=O)Cl.CS(N)(=O)=O. The molecule has 3 aromatic carbocycles. The third-order valence-electron chi connectivity index (χ3n) is 6.24. The number of amides is 1. The smallest absolute Gasteiger partial charge is 0.322 e. The summed E-state index contributed by atoms with van der Waals surface area (Å²) in [5.41, 5.74) is 1.87. The Morgan fingerprint density at radius 3 is 2.00 bits per heavy atom. The van der Waals surface area contributed by atoms with Crippen molar-refractivity contribution < 1.29 is 17.9 Å². The van der Waals surface area contributed by atoms with E-state index in [9.17, 15) is 18.5 Å². The van der Waals surface area contributed by atoms with Crippen LogP contribution in [0.4, 0.5) is 4.79 Å². The van der Waals surface area contributed by atoms with Gasteiger partial charge in [0.25, 0.3) is 0 Å². The van der Waals surface area contributed by atoms with Crippen molar-refractivity contribution >= 4 is 67.6 Å². The number of halogens is 4. The molecule has 0 aliphatic carbocycles. The number of nitrogens with two attached hydrogens (primary N) is 1. The number of amidine groups is 1. The molecule has 2 N–H and O–H groups in total. The molecule has 222 valence electrons. The first-order valence-electron chi connectivity index (χ1n) is 12.5. The van der Waals surface area contributed by atoms with E-state index < -0.39 is 32.9 Å². The summed E-state index contributed by atoms with van der Waals surface area (Å²) < 4.78 is 24.8. The molecule has 42 heavy (non-hydrogen) atoms. The molecule has 0 aromatic heterocycles. The second kappa shape index (κ2) is 13.6. The highest BCUT2D eigenvalue weighted by molar-refractivity contribution is 7.88. The van der Waals surface area contributed by atoms with Gasteiger partial charge in [-0.2, -0.15) is 5.26 Å². The van der Waals surface area contributed by atoms with E-state index >= 15 is 0 Å². The summed E-state index contributed by atoms with van der Waals surface area (Å²) in [7, 11) is -3.17. The lowest BCUT2D eigenvalue weighted by Gasteiger charge is -2.28. The zero-order chi connectivity index (χ0) is 31.4. The fourth-order valence-electron chi connectivity index (χ4n) is 4.38. The summed E-state index contributed by atoms with van der Waals surface area (Å²) in [6.45, 7) is 5.75. The first-order chi connectivity index (χ1) is 19.6. The van der Waals surface area contributed by atoms with E-state index in [4.69, 9.17) is 56.1 Å². The van der Waals surface area contributed by atoms with Crippen LogP contribution in [0.25, 0.3) is 0 Å². The van der Waals surface area contributed by atoms with E-state index in [0.717, 1.165) is 17.4 Å². The van der Waals surface area contributed by atoms with Crippen molar-refractivity contribution in [2.45, 2.75) is 38.3 Å². The Bertz CT molecular complexity index is 1630. The highest BCUT2D eigenvalue weighted by atomic mass is 35.5. The number of rotatable bonds is 6. The molecule has 0 fully saturated rings. The Labute approximate surface area is 265 Å². The fraction of sp³-hybridized carbons (Fsp3) is 0.276. The topological polar surface area (TPSA) is 126 Å². The maximum Gasteiger partial charge on any atom is 0.322 e. The van der Waals surface area contributed by atoms with Crippen LogP contribution in [-0.2, 0) is 15.4 Å². The molecule has 0 saturated heterocycles. The van der Waals surface area contributed by atoms with Crippen LogP contribution in [0.1, 0.15) is 55.1 Å². The van der Waals surface area contributed by atoms with E-state index in [1.807, 2.05) is 31.2 Å². The van der Waals surface area contributed by atoms with Gasteiger partial charge in [-0.05, 0) is 85.5 Å². The first kappa shape index (κ1) is 33.7. The van der Waals surface area contributed by atoms with E-state index in [1.54, 1.807) is 50.2 Å². The average molecular weight is 670 g/mol. The summed E-state index contributed by atoms with van der Waals surface area (Å²) >= 11 is 25.2. The third-order valence-corrected chi connectivity index (χ3v) is 7.24. The molecule has 0 bridgehead atoms. The number of hydrogen-bond acceptors (Lipinski definition) is 6. The van der Waals surface area contributed by atoms with Gasteiger partial charge in [-0.25, -0.2) is 13.6 Å². The van der Waals surface area contributed by atoms with Crippen LogP contribution in [0.2, 0.25) is 15.1 Å². The van der Waals surface area contributed by atoms with Crippen LogP contribution in [0.3, 0.4) is 0 Å². The zero-order valence-corrected chi connectivity index (χ0v) is 26.9. The van der Waals surface area contributed by atoms with Gasteiger partial charge < -0.3 is 4.74 Å². The molecule has 3 aromatic rings. The average Bonchev–Trinajstić information content (AvgIpc) is 3.30. The third kappa shape index (κ3) is 8.16. The highest BCUT2D eigenvalue weighted by Crippen LogP contribution is 2.46. The maximum atomic E-state index is 13.0. The predicted octanol–water partition coefficient (Wildman–Crippen LogP) is 7.65. The molecular weight excluding hydrogens is 642 g/mol. The van der Waals surface area contributed by atoms with Crippen molar-refractivity contribution in [1.82, 2.24) is 4.90 Å². The molecule has 1 heterocycles. The molecule has 0 spiro atoms. The zero-order valence-electron chi connectivity index (χ0n) is 23.1. The molecule has 1 amide bonds. The van der Waals surface area contributed by atoms with Crippen LogP contribution in [0.5, 0.6) is 5.75 Å². The van der Waals surface area contributed by atoms with Gasteiger partial charge in [-0.3, -0.25) is 14.7 Å². The number of carbonyl (C=O) groups excluding carboxylic acids is 1. The van der Waals surface area contributed by atoms with Crippen LogP contribution in [0, 0.1) is 11.3 Å².